The number of methoxy groups -OCH3 is 1. The van der Waals surface area contributed by atoms with Crippen molar-refractivity contribution in [3.05, 3.63) is 75.8 Å². The fourth-order valence-corrected chi connectivity index (χ4v) is 2.58. The van der Waals surface area contributed by atoms with Crippen molar-refractivity contribution < 1.29 is 9.47 Å². The Labute approximate surface area is 146 Å². The van der Waals surface area contributed by atoms with Crippen LogP contribution in [0.25, 0.3) is 11.7 Å². The summed E-state index contributed by atoms with van der Waals surface area (Å²) in [5, 5.41) is 0. The summed E-state index contributed by atoms with van der Waals surface area (Å²) in [7, 11) is 1.60. The van der Waals surface area contributed by atoms with Crippen LogP contribution in [0.5, 0.6) is 11.5 Å². The lowest BCUT2D eigenvalue weighted by atomic mass is 10.2. The molecule has 0 bridgehead atoms. The number of ether oxygens (including phenoxy) is 2. The summed E-state index contributed by atoms with van der Waals surface area (Å²) in [6.07, 6.45) is 5.72. The zero-order valence-corrected chi connectivity index (χ0v) is 14.5. The largest absolute Gasteiger partial charge is 0.493 e. The maximum Gasteiger partial charge on any atom is 0.258 e. The van der Waals surface area contributed by atoms with E-state index in [0.29, 0.717) is 22.8 Å². The monoisotopic (exact) mass is 336 g/mol. The molecule has 0 amide bonds. The van der Waals surface area contributed by atoms with Crippen molar-refractivity contribution in [2.75, 3.05) is 7.11 Å². The summed E-state index contributed by atoms with van der Waals surface area (Å²) in [4.78, 5) is 16.7. The van der Waals surface area contributed by atoms with Gasteiger partial charge in [0, 0.05) is 12.3 Å². The molecule has 0 unspecified atom stereocenters. The zero-order valence-electron chi connectivity index (χ0n) is 14.5. The van der Waals surface area contributed by atoms with Gasteiger partial charge in [-0.2, -0.15) is 0 Å². The maximum absolute atomic E-state index is 12.2. The van der Waals surface area contributed by atoms with E-state index in [0.717, 1.165) is 11.1 Å². The van der Waals surface area contributed by atoms with Crippen molar-refractivity contribution in [3.63, 3.8) is 0 Å². The van der Waals surface area contributed by atoms with Gasteiger partial charge in [-0.1, -0.05) is 24.3 Å². The molecule has 1 aromatic carbocycles. The van der Waals surface area contributed by atoms with Crippen LogP contribution in [-0.2, 0) is 6.61 Å². The quantitative estimate of drug-likeness (QED) is 0.714. The van der Waals surface area contributed by atoms with Crippen LogP contribution in [-0.4, -0.2) is 16.5 Å². The molecule has 0 radical (unpaired) electrons. The Morgan fingerprint density at radius 1 is 1.16 bits per heavy atom. The SMILES string of the molecule is C/C=C/c1ccc(OCc2cc(=O)n3cc(C)ccc3n2)c(OC)c1. The minimum Gasteiger partial charge on any atom is -0.493 e. The number of aromatic nitrogens is 2. The molecule has 0 saturated heterocycles. The van der Waals surface area contributed by atoms with Crippen LogP contribution >= 0.6 is 0 Å². The summed E-state index contributed by atoms with van der Waals surface area (Å²) in [5.41, 5.74) is 3.10. The number of aryl methyl sites for hydroxylation is 1. The van der Waals surface area contributed by atoms with Gasteiger partial charge in [0.25, 0.3) is 5.56 Å². The van der Waals surface area contributed by atoms with Gasteiger partial charge in [-0.3, -0.25) is 9.20 Å². The highest BCUT2D eigenvalue weighted by molar-refractivity contribution is 5.55. The molecule has 0 N–H and O–H groups in total. The van der Waals surface area contributed by atoms with Crippen molar-refractivity contribution in [2.24, 2.45) is 0 Å². The molecule has 0 saturated carbocycles. The molecule has 128 valence electrons. The number of fused-ring (bicyclic) bond motifs is 1. The minimum absolute atomic E-state index is 0.123. The standard InChI is InChI=1S/C20H20N2O3/c1-4-5-15-7-8-17(18(10-15)24-3)25-13-16-11-20(23)22-12-14(2)6-9-19(22)21-16/h4-12H,13H2,1-3H3/b5-4+. The Morgan fingerprint density at radius 3 is 2.76 bits per heavy atom. The van der Waals surface area contributed by atoms with E-state index >= 15 is 0 Å². The van der Waals surface area contributed by atoms with Gasteiger partial charge in [0.1, 0.15) is 12.3 Å². The Morgan fingerprint density at radius 2 is 2.00 bits per heavy atom. The summed E-state index contributed by atoms with van der Waals surface area (Å²) >= 11 is 0. The predicted octanol–water partition coefficient (Wildman–Crippen LogP) is 3.62. The maximum atomic E-state index is 12.2. The molecule has 0 aliphatic carbocycles. The second-order valence-corrected chi connectivity index (χ2v) is 5.72. The van der Waals surface area contributed by atoms with E-state index in [1.54, 1.807) is 13.3 Å². The minimum atomic E-state index is -0.123. The normalized spacial score (nSPS) is 11.2. The number of hydrogen-bond acceptors (Lipinski definition) is 4. The lowest BCUT2D eigenvalue weighted by molar-refractivity contribution is 0.280. The Hall–Kier alpha value is -3.08. The fourth-order valence-electron chi connectivity index (χ4n) is 2.58. The first-order valence-corrected chi connectivity index (χ1v) is 8.03. The van der Waals surface area contributed by atoms with Gasteiger partial charge in [0.2, 0.25) is 0 Å². The number of rotatable bonds is 5. The Bertz CT molecular complexity index is 990. The Balaban J connectivity index is 1.85. The van der Waals surface area contributed by atoms with Crippen molar-refractivity contribution in [2.45, 2.75) is 20.5 Å². The molecule has 5 heteroatoms. The van der Waals surface area contributed by atoms with Crippen molar-refractivity contribution in [1.29, 1.82) is 0 Å². The van der Waals surface area contributed by atoms with Gasteiger partial charge in [-0.05, 0) is 43.2 Å². The van der Waals surface area contributed by atoms with E-state index in [-0.39, 0.29) is 12.2 Å². The van der Waals surface area contributed by atoms with E-state index in [9.17, 15) is 4.79 Å². The topological polar surface area (TPSA) is 52.8 Å². The third-order valence-corrected chi connectivity index (χ3v) is 3.78. The molecule has 3 rings (SSSR count). The first kappa shape index (κ1) is 16.8. The van der Waals surface area contributed by atoms with Crippen LogP contribution in [0.2, 0.25) is 0 Å². The highest BCUT2D eigenvalue weighted by atomic mass is 16.5. The van der Waals surface area contributed by atoms with Gasteiger partial charge in [-0.15, -0.1) is 0 Å². The molecule has 0 fully saturated rings. The van der Waals surface area contributed by atoms with Crippen molar-refractivity contribution >= 4 is 11.7 Å². The molecule has 0 atom stereocenters. The van der Waals surface area contributed by atoms with Crippen molar-refractivity contribution in [3.8, 4) is 11.5 Å². The van der Waals surface area contributed by atoms with Gasteiger partial charge in [0.05, 0.1) is 12.8 Å². The number of benzene rings is 1. The van der Waals surface area contributed by atoms with Gasteiger partial charge < -0.3 is 9.47 Å². The van der Waals surface area contributed by atoms with Gasteiger partial charge >= 0.3 is 0 Å². The van der Waals surface area contributed by atoms with Crippen LogP contribution in [0.15, 0.2) is 53.5 Å². The molecule has 2 heterocycles. The molecule has 2 aromatic heterocycles. The second kappa shape index (κ2) is 7.21. The molecular formula is C20H20N2O3. The molecule has 0 spiro atoms. The molecule has 5 nitrogen and oxygen atoms in total. The number of allylic oxidation sites excluding steroid dienone is 1. The third-order valence-electron chi connectivity index (χ3n) is 3.78. The highest BCUT2D eigenvalue weighted by Crippen LogP contribution is 2.29. The average molecular weight is 336 g/mol. The fraction of sp³-hybridized carbons (Fsp3) is 0.200. The summed E-state index contributed by atoms with van der Waals surface area (Å²) in [6, 6.07) is 10.9. The molecular weight excluding hydrogens is 316 g/mol. The van der Waals surface area contributed by atoms with Crippen LogP contribution < -0.4 is 15.0 Å². The van der Waals surface area contributed by atoms with E-state index in [1.165, 1.54) is 10.5 Å². The summed E-state index contributed by atoms with van der Waals surface area (Å²) in [6.45, 7) is 4.09. The Kier molecular flexibility index (Phi) is 4.84. The first-order chi connectivity index (χ1) is 12.1. The molecule has 0 aliphatic rings. The summed E-state index contributed by atoms with van der Waals surface area (Å²) < 4.78 is 12.7. The number of pyridine rings is 1. The second-order valence-electron chi connectivity index (χ2n) is 5.72. The van der Waals surface area contributed by atoms with Crippen molar-refractivity contribution in [1.82, 2.24) is 9.38 Å². The number of nitrogens with zero attached hydrogens (tertiary/aromatic N) is 2. The van der Waals surface area contributed by atoms with E-state index in [4.69, 9.17) is 9.47 Å². The zero-order chi connectivity index (χ0) is 17.8. The van der Waals surface area contributed by atoms with Gasteiger partial charge in [-0.25, -0.2) is 4.98 Å². The highest BCUT2D eigenvalue weighted by Gasteiger charge is 2.08. The van der Waals surface area contributed by atoms with Crippen LogP contribution in [0.3, 0.4) is 0 Å². The lowest BCUT2D eigenvalue weighted by Crippen LogP contribution is -2.16. The van der Waals surface area contributed by atoms with Crippen LogP contribution in [0.4, 0.5) is 0 Å². The van der Waals surface area contributed by atoms with E-state index in [1.807, 2.05) is 56.3 Å². The first-order valence-electron chi connectivity index (χ1n) is 8.03. The average Bonchev–Trinajstić information content (AvgIpc) is 2.61. The molecule has 3 aromatic rings. The predicted molar refractivity (Wildman–Crippen MR) is 98.2 cm³/mol. The van der Waals surface area contributed by atoms with Gasteiger partial charge in [0.15, 0.2) is 11.5 Å². The number of hydrogen-bond donors (Lipinski definition) is 0. The molecule has 0 aliphatic heterocycles. The van der Waals surface area contributed by atoms with E-state index in [2.05, 4.69) is 4.98 Å². The van der Waals surface area contributed by atoms with Crippen LogP contribution in [0, 0.1) is 6.92 Å². The lowest BCUT2D eigenvalue weighted by Gasteiger charge is -2.11. The molecule has 25 heavy (non-hydrogen) atoms. The third kappa shape index (κ3) is 3.71. The van der Waals surface area contributed by atoms with Crippen LogP contribution in [0.1, 0.15) is 23.7 Å². The van der Waals surface area contributed by atoms with E-state index < -0.39 is 0 Å². The smallest absolute Gasteiger partial charge is 0.258 e. The summed E-state index contributed by atoms with van der Waals surface area (Å²) in [5.74, 6) is 1.25.